The summed E-state index contributed by atoms with van der Waals surface area (Å²) < 4.78 is 42.2. The van der Waals surface area contributed by atoms with Crippen molar-refractivity contribution in [2.45, 2.75) is 4.90 Å². The average molecular weight is 373 g/mol. The highest BCUT2D eigenvalue weighted by Gasteiger charge is 2.18. The lowest BCUT2D eigenvalue weighted by Gasteiger charge is -2.09. The Morgan fingerprint density at radius 1 is 1.22 bits per heavy atom. The molecule has 0 aliphatic rings. The molecular weight excluding hydrogens is 363 g/mol. The van der Waals surface area contributed by atoms with E-state index in [-0.39, 0.29) is 20.5 Å². The lowest BCUT2D eigenvalue weighted by molar-refractivity contribution is 0.601. The molecule has 23 heavy (non-hydrogen) atoms. The zero-order valence-corrected chi connectivity index (χ0v) is 14.1. The van der Waals surface area contributed by atoms with E-state index in [9.17, 15) is 17.6 Å². The molecule has 0 aliphatic heterocycles. The van der Waals surface area contributed by atoms with Crippen molar-refractivity contribution in [2.75, 3.05) is 4.72 Å². The summed E-state index contributed by atoms with van der Waals surface area (Å²) in [5, 5.41) is -0.0426. The molecule has 0 saturated heterocycles. The lowest BCUT2D eigenvalue weighted by atomic mass is 10.3. The van der Waals surface area contributed by atoms with Crippen LogP contribution in [0.15, 0.2) is 46.1 Å². The minimum Gasteiger partial charge on any atom is -0.302 e. The van der Waals surface area contributed by atoms with Gasteiger partial charge in [0, 0.05) is 7.05 Å². The molecule has 0 atom stereocenters. The molecule has 0 saturated carbocycles. The van der Waals surface area contributed by atoms with Crippen molar-refractivity contribution in [1.29, 1.82) is 0 Å². The van der Waals surface area contributed by atoms with Crippen LogP contribution in [0.2, 0.25) is 5.02 Å². The monoisotopic (exact) mass is 372 g/mol. The molecule has 1 heterocycles. The van der Waals surface area contributed by atoms with Gasteiger partial charge in [0.25, 0.3) is 10.0 Å². The van der Waals surface area contributed by atoms with E-state index >= 15 is 0 Å². The molecule has 0 spiro atoms. The summed E-state index contributed by atoms with van der Waals surface area (Å²) in [6, 6.07) is 7.75. The first-order chi connectivity index (χ1) is 10.8. The van der Waals surface area contributed by atoms with Gasteiger partial charge in [0.1, 0.15) is 5.82 Å². The number of halogens is 2. The number of hydrogen-bond donors (Lipinski definition) is 1. The smallest absolute Gasteiger partial charge is 0.302 e. The number of nitrogens with one attached hydrogen (secondary N) is 1. The van der Waals surface area contributed by atoms with E-state index in [1.807, 2.05) is 0 Å². The molecule has 0 amide bonds. The first kappa shape index (κ1) is 16.0. The fraction of sp³-hybridized carbons (Fsp3) is 0.0714. The number of benzene rings is 2. The van der Waals surface area contributed by atoms with E-state index in [1.54, 1.807) is 13.1 Å². The molecule has 0 aliphatic carbocycles. The Morgan fingerprint density at radius 2 is 1.96 bits per heavy atom. The van der Waals surface area contributed by atoms with Gasteiger partial charge in [0.2, 0.25) is 0 Å². The number of nitrogens with zero attached hydrogens (tertiary/aromatic N) is 1. The Hall–Kier alpha value is -1.90. The number of aromatic nitrogens is 1. The van der Waals surface area contributed by atoms with Crippen molar-refractivity contribution >= 4 is 48.9 Å². The van der Waals surface area contributed by atoms with Crippen LogP contribution in [0.3, 0.4) is 0 Å². The minimum atomic E-state index is -3.91. The first-order valence-electron chi connectivity index (χ1n) is 6.35. The third kappa shape index (κ3) is 2.97. The van der Waals surface area contributed by atoms with Crippen LogP contribution in [0.25, 0.3) is 10.2 Å². The molecule has 0 unspecified atom stereocenters. The average Bonchev–Trinajstić information content (AvgIpc) is 2.77. The molecule has 3 aromatic rings. The number of fused-ring (bicyclic) bond motifs is 1. The summed E-state index contributed by atoms with van der Waals surface area (Å²) in [5.41, 5.74) is 0.730. The van der Waals surface area contributed by atoms with Gasteiger partial charge in [-0.2, -0.15) is 0 Å². The molecule has 3 rings (SSSR count). The second-order valence-electron chi connectivity index (χ2n) is 4.79. The maximum atomic E-state index is 13.0. The summed E-state index contributed by atoms with van der Waals surface area (Å²) in [7, 11) is -2.29. The van der Waals surface area contributed by atoms with Gasteiger partial charge in [-0.25, -0.2) is 12.8 Å². The quantitative estimate of drug-likeness (QED) is 0.767. The second-order valence-corrected chi connectivity index (χ2v) is 7.87. The highest BCUT2D eigenvalue weighted by molar-refractivity contribution is 7.92. The Labute approximate surface area is 140 Å². The maximum Gasteiger partial charge on any atom is 0.307 e. The minimum absolute atomic E-state index is 0.00718. The number of thiazole rings is 1. The van der Waals surface area contributed by atoms with Crippen LogP contribution < -0.4 is 9.60 Å². The highest BCUT2D eigenvalue weighted by atomic mass is 35.5. The van der Waals surface area contributed by atoms with Gasteiger partial charge in [0.05, 0.1) is 25.8 Å². The summed E-state index contributed by atoms with van der Waals surface area (Å²) in [6.07, 6.45) is 0. The van der Waals surface area contributed by atoms with Crippen LogP contribution in [0.4, 0.5) is 10.1 Å². The van der Waals surface area contributed by atoms with E-state index < -0.39 is 15.8 Å². The van der Waals surface area contributed by atoms with Crippen LogP contribution in [0.1, 0.15) is 0 Å². The van der Waals surface area contributed by atoms with Crippen molar-refractivity contribution in [3.05, 3.63) is 56.9 Å². The van der Waals surface area contributed by atoms with Crippen molar-refractivity contribution in [2.24, 2.45) is 7.05 Å². The molecule has 0 fully saturated rings. The van der Waals surface area contributed by atoms with E-state index in [4.69, 9.17) is 11.6 Å². The van der Waals surface area contributed by atoms with E-state index in [0.717, 1.165) is 23.5 Å². The molecule has 2 aromatic carbocycles. The van der Waals surface area contributed by atoms with Gasteiger partial charge in [-0.15, -0.1) is 0 Å². The zero-order valence-electron chi connectivity index (χ0n) is 11.7. The fourth-order valence-corrected chi connectivity index (χ4v) is 4.43. The molecule has 0 radical (unpaired) electrons. The summed E-state index contributed by atoms with van der Waals surface area (Å²) in [6.45, 7) is 0. The fourth-order valence-electron chi connectivity index (χ4n) is 2.06. The van der Waals surface area contributed by atoms with Crippen LogP contribution in [0.5, 0.6) is 0 Å². The molecule has 0 bridgehead atoms. The third-order valence-corrected chi connectivity index (χ3v) is 5.92. The van der Waals surface area contributed by atoms with Crippen molar-refractivity contribution < 1.29 is 12.8 Å². The Bertz CT molecular complexity index is 1070. The van der Waals surface area contributed by atoms with E-state index in [2.05, 4.69) is 4.72 Å². The molecule has 5 nitrogen and oxygen atoms in total. The Balaban J connectivity index is 2.04. The summed E-state index contributed by atoms with van der Waals surface area (Å²) in [5.74, 6) is -0.562. The summed E-state index contributed by atoms with van der Waals surface area (Å²) in [4.78, 5) is 11.4. The Kier molecular flexibility index (Phi) is 3.91. The third-order valence-electron chi connectivity index (χ3n) is 3.25. The largest absolute Gasteiger partial charge is 0.307 e. The van der Waals surface area contributed by atoms with Gasteiger partial charge in [0.15, 0.2) is 0 Å². The van der Waals surface area contributed by atoms with Crippen LogP contribution in [-0.4, -0.2) is 13.0 Å². The van der Waals surface area contributed by atoms with Crippen molar-refractivity contribution in [1.82, 2.24) is 4.57 Å². The van der Waals surface area contributed by atoms with Gasteiger partial charge >= 0.3 is 4.87 Å². The van der Waals surface area contributed by atoms with Gasteiger partial charge < -0.3 is 4.57 Å². The topological polar surface area (TPSA) is 68.2 Å². The van der Waals surface area contributed by atoms with Crippen LogP contribution in [-0.2, 0) is 17.1 Å². The normalized spacial score (nSPS) is 11.8. The van der Waals surface area contributed by atoms with Gasteiger partial charge in [-0.05, 0) is 36.4 Å². The number of anilines is 1. The number of aryl methyl sites for hydroxylation is 1. The van der Waals surface area contributed by atoms with Crippen LogP contribution in [0, 0.1) is 5.82 Å². The predicted molar refractivity (Wildman–Crippen MR) is 89.3 cm³/mol. The Morgan fingerprint density at radius 3 is 2.65 bits per heavy atom. The molecule has 120 valence electrons. The SMILES string of the molecule is Cn1c(=O)sc2cc(S(=O)(=O)Nc3ccc(F)cc3Cl)ccc21. The van der Waals surface area contributed by atoms with Gasteiger partial charge in [-0.1, -0.05) is 22.9 Å². The van der Waals surface area contributed by atoms with Crippen molar-refractivity contribution in [3.63, 3.8) is 0 Å². The standard InChI is InChI=1S/C14H10ClFN2O3S2/c1-18-12-5-3-9(7-13(12)22-14(18)19)23(20,21)17-11-4-2-8(16)6-10(11)15/h2-7,17H,1H3. The highest BCUT2D eigenvalue weighted by Crippen LogP contribution is 2.27. The molecular formula is C14H10ClFN2O3S2. The summed E-state index contributed by atoms with van der Waals surface area (Å²) >= 11 is 6.79. The maximum absolute atomic E-state index is 13.0. The van der Waals surface area contributed by atoms with E-state index in [0.29, 0.717) is 10.2 Å². The molecule has 1 N–H and O–H groups in total. The number of rotatable bonds is 3. The number of sulfonamides is 1. The number of hydrogen-bond acceptors (Lipinski definition) is 4. The second kappa shape index (κ2) is 5.63. The molecule has 9 heteroatoms. The lowest BCUT2D eigenvalue weighted by Crippen LogP contribution is -2.13. The van der Waals surface area contributed by atoms with Crippen molar-refractivity contribution in [3.8, 4) is 0 Å². The predicted octanol–water partition coefficient (Wildman–Crippen LogP) is 3.19. The van der Waals surface area contributed by atoms with E-state index in [1.165, 1.54) is 22.8 Å². The molecule has 1 aromatic heterocycles. The zero-order chi connectivity index (χ0) is 16.8. The first-order valence-corrected chi connectivity index (χ1v) is 9.03. The van der Waals surface area contributed by atoms with Gasteiger partial charge in [-0.3, -0.25) is 9.52 Å². The van der Waals surface area contributed by atoms with Crippen LogP contribution >= 0.6 is 22.9 Å².